The number of halogens is 1. The zero-order chi connectivity index (χ0) is 14.3. The van der Waals surface area contributed by atoms with Gasteiger partial charge < -0.3 is 13.9 Å². The zero-order valence-corrected chi connectivity index (χ0v) is 14.4. The van der Waals surface area contributed by atoms with E-state index in [4.69, 9.17) is 25.5 Å². The van der Waals surface area contributed by atoms with Crippen molar-refractivity contribution in [3.63, 3.8) is 0 Å². The van der Waals surface area contributed by atoms with Crippen LogP contribution in [0.4, 0.5) is 0 Å². The Bertz CT molecular complexity index is 769. The molecule has 3 heterocycles. The van der Waals surface area contributed by atoms with Crippen molar-refractivity contribution in [2.24, 2.45) is 0 Å². The first kappa shape index (κ1) is 15.5. The van der Waals surface area contributed by atoms with E-state index in [-0.39, 0.29) is 17.6 Å². The van der Waals surface area contributed by atoms with Crippen molar-refractivity contribution in [1.29, 1.82) is 0 Å². The summed E-state index contributed by atoms with van der Waals surface area (Å²) in [7, 11) is 0. The summed E-state index contributed by atoms with van der Waals surface area (Å²) in [6.45, 7) is 1.39. The van der Waals surface area contributed by atoms with Crippen LogP contribution in [0.1, 0.15) is 5.76 Å². The molecule has 112 valence electrons. The molecular formula is C14H12ClGeN3O3. The van der Waals surface area contributed by atoms with Gasteiger partial charge in [-0.15, -0.1) is 0 Å². The van der Waals surface area contributed by atoms with E-state index in [0.717, 1.165) is 11.0 Å². The molecule has 0 atom stereocenters. The van der Waals surface area contributed by atoms with Crippen molar-refractivity contribution in [2.75, 3.05) is 13.2 Å². The standard InChI is InChI=1S/C14H12ClN3O3.Ge/c15-11-1-2-12-10(5-11)6-13(21-12)14(19-3-4-20-14)7-18-9-16-8-17-18;/h1-2,5-6,8-9H,3-4,7H2;. The minimum absolute atomic E-state index is 0. The van der Waals surface area contributed by atoms with E-state index in [9.17, 15) is 0 Å². The van der Waals surface area contributed by atoms with Gasteiger partial charge in [0.1, 0.15) is 24.8 Å². The molecule has 1 aliphatic heterocycles. The van der Waals surface area contributed by atoms with Crippen LogP contribution in [0.15, 0.2) is 41.3 Å². The Hall–Kier alpha value is -1.35. The van der Waals surface area contributed by atoms with Gasteiger partial charge in [-0.2, -0.15) is 5.10 Å². The fraction of sp³-hybridized carbons (Fsp3) is 0.286. The van der Waals surface area contributed by atoms with Gasteiger partial charge in [-0.25, -0.2) is 9.67 Å². The molecule has 4 rings (SSSR count). The molecule has 22 heavy (non-hydrogen) atoms. The molecule has 1 saturated heterocycles. The molecule has 1 fully saturated rings. The molecule has 6 nitrogen and oxygen atoms in total. The Labute approximate surface area is 142 Å². The van der Waals surface area contributed by atoms with Crippen LogP contribution in [0, 0.1) is 0 Å². The van der Waals surface area contributed by atoms with Gasteiger partial charge in [-0.05, 0) is 24.3 Å². The molecule has 4 radical (unpaired) electrons. The minimum Gasteiger partial charge on any atom is -0.455 e. The molecule has 2 aromatic heterocycles. The third kappa shape index (κ3) is 2.67. The van der Waals surface area contributed by atoms with Gasteiger partial charge in [0, 0.05) is 28.0 Å². The molecule has 0 bridgehead atoms. The number of rotatable bonds is 3. The number of fused-ring (bicyclic) bond motifs is 1. The van der Waals surface area contributed by atoms with Gasteiger partial charge in [0.2, 0.25) is 5.79 Å². The van der Waals surface area contributed by atoms with Crippen LogP contribution in [0.2, 0.25) is 5.02 Å². The predicted molar refractivity (Wildman–Crippen MR) is 80.6 cm³/mol. The molecule has 0 unspecified atom stereocenters. The van der Waals surface area contributed by atoms with E-state index < -0.39 is 5.79 Å². The molecule has 0 saturated carbocycles. The number of furan rings is 1. The average molecular weight is 378 g/mol. The normalized spacial score (nSPS) is 16.8. The summed E-state index contributed by atoms with van der Waals surface area (Å²) in [5.74, 6) is -0.369. The summed E-state index contributed by atoms with van der Waals surface area (Å²) in [4.78, 5) is 3.94. The molecular weight excluding hydrogens is 366 g/mol. The van der Waals surface area contributed by atoms with Crippen molar-refractivity contribution in [3.05, 3.63) is 47.7 Å². The maximum absolute atomic E-state index is 6.01. The van der Waals surface area contributed by atoms with Crippen LogP contribution in [0.5, 0.6) is 0 Å². The molecule has 8 heteroatoms. The third-order valence-corrected chi connectivity index (χ3v) is 3.68. The van der Waals surface area contributed by atoms with Gasteiger partial charge in [-0.3, -0.25) is 0 Å². The number of nitrogens with zero attached hydrogens (tertiary/aromatic N) is 3. The largest absolute Gasteiger partial charge is 0.455 e. The number of hydrogen-bond donors (Lipinski definition) is 0. The van der Waals surface area contributed by atoms with Crippen molar-refractivity contribution in [3.8, 4) is 0 Å². The topological polar surface area (TPSA) is 62.3 Å². The maximum atomic E-state index is 6.01. The van der Waals surface area contributed by atoms with Crippen LogP contribution in [0.25, 0.3) is 11.0 Å². The van der Waals surface area contributed by atoms with E-state index in [0.29, 0.717) is 30.5 Å². The van der Waals surface area contributed by atoms with Crippen LogP contribution in [-0.2, 0) is 21.8 Å². The summed E-state index contributed by atoms with van der Waals surface area (Å²) in [6.07, 6.45) is 3.09. The SMILES string of the molecule is Clc1ccc2oc(C3(Cn4cncn4)OCCO3)cc2c1.[Ge]. The molecule has 0 spiro atoms. The molecule has 0 amide bonds. The first-order chi connectivity index (χ1) is 10.3. The van der Waals surface area contributed by atoms with Crippen LogP contribution in [-0.4, -0.2) is 45.6 Å². The minimum atomic E-state index is -0.973. The fourth-order valence-electron chi connectivity index (χ4n) is 2.50. The predicted octanol–water partition coefficient (Wildman–Crippen LogP) is 2.20. The van der Waals surface area contributed by atoms with Gasteiger partial charge in [-0.1, -0.05) is 11.6 Å². The summed E-state index contributed by atoms with van der Waals surface area (Å²) in [6, 6.07) is 7.36. The summed E-state index contributed by atoms with van der Waals surface area (Å²) >= 11 is 6.01. The molecule has 0 N–H and O–H groups in total. The number of hydrogen-bond acceptors (Lipinski definition) is 5. The number of aromatic nitrogens is 3. The Balaban J connectivity index is 0.00000144. The smallest absolute Gasteiger partial charge is 0.248 e. The Morgan fingerprint density at radius 3 is 2.77 bits per heavy atom. The van der Waals surface area contributed by atoms with Crippen LogP contribution < -0.4 is 0 Å². The molecule has 1 aromatic carbocycles. The van der Waals surface area contributed by atoms with E-state index in [1.54, 1.807) is 17.1 Å². The third-order valence-electron chi connectivity index (χ3n) is 3.44. The number of ether oxygens (including phenoxy) is 2. The second-order valence-electron chi connectivity index (χ2n) is 4.84. The van der Waals surface area contributed by atoms with Gasteiger partial charge in [0.05, 0.1) is 13.2 Å². The first-order valence-corrected chi connectivity index (χ1v) is 6.93. The Kier molecular flexibility index (Phi) is 4.27. The molecule has 1 aliphatic rings. The van der Waals surface area contributed by atoms with Crippen LogP contribution in [0.3, 0.4) is 0 Å². The van der Waals surface area contributed by atoms with Crippen molar-refractivity contribution in [2.45, 2.75) is 12.3 Å². The van der Waals surface area contributed by atoms with Crippen molar-refractivity contribution in [1.82, 2.24) is 14.8 Å². The quantitative estimate of drug-likeness (QED) is 0.654. The zero-order valence-electron chi connectivity index (χ0n) is 11.5. The number of benzene rings is 1. The summed E-state index contributed by atoms with van der Waals surface area (Å²) < 4.78 is 19.2. The second kappa shape index (κ2) is 6.04. The first-order valence-electron chi connectivity index (χ1n) is 6.55. The Morgan fingerprint density at radius 2 is 2.05 bits per heavy atom. The monoisotopic (exact) mass is 379 g/mol. The maximum Gasteiger partial charge on any atom is 0.248 e. The molecule has 0 aliphatic carbocycles. The van der Waals surface area contributed by atoms with E-state index >= 15 is 0 Å². The van der Waals surface area contributed by atoms with Gasteiger partial charge in [0.15, 0.2) is 5.76 Å². The van der Waals surface area contributed by atoms with E-state index in [2.05, 4.69) is 10.1 Å². The van der Waals surface area contributed by atoms with Gasteiger partial charge in [0.25, 0.3) is 0 Å². The van der Waals surface area contributed by atoms with Crippen molar-refractivity contribution < 1.29 is 13.9 Å². The van der Waals surface area contributed by atoms with Gasteiger partial charge >= 0.3 is 0 Å². The van der Waals surface area contributed by atoms with Crippen molar-refractivity contribution >= 4 is 40.2 Å². The second-order valence-corrected chi connectivity index (χ2v) is 5.27. The Morgan fingerprint density at radius 1 is 1.23 bits per heavy atom. The van der Waals surface area contributed by atoms with E-state index in [1.807, 2.05) is 18.2 Å². The van der Waals surface area contributed by atoms with E-state index in [1.165, 1.54) is 6.33 Å². The fourth-order valence-corrected chi connectivity index (χ4v) is 2.68. The van der Waals surface area contributed by atoms with Crippen LogP contribution >= 0.6 is 11.6 Å². The summed E-state index contributed by atoms with van der Waals surface area (Å²) in [5, 5.41) is 5.67. The average Bonchev–Trinajstić information content (AvgIpc) is 3.18. The molecule has 3 aromatic rings. The summed E-state index contributed by atoms with van der Waals surface area (Å²) in [5.41, 5.74) is 0.742.